The van der Waals surface area contributed by atoms with Crippen molar-refractivity contribution in [2.45, 2.75) is 11.8 Å². The summed E-state index contributed by atoms with van der Waals surface area (Å²) in [6, 6.07) is 10.5. The average molecular weight is 233 g/mol. The molecule has 0 bridgehead atoms. The van der Waals surface area contributed by atoms with E-state index < -0.39 is 0 Å². The van der Waals surface area contributed by atoms with Crippen LogP contribution in [0.25, 0.3) is 0 Å². The highest BCUT2D eigenvalue weighted by molar-refractivity contribution is 7.82. The summed E-state index contributed by atoms with van der Waals surface area (Å²) >= 11 is 10.9. The van der Waals surface area contributed by atoms with Crippen LogP contribution < -0.4 is 0 Å². The SMILES string of the molecule is CN1C(=S)[C@@H]2C[C@]2(c2ccccc2)C1=S. The van der Waals surface area contributed by atoms with Gasteiger partial charge in [-0.2, -0.15) is 0 Å². The van der Waals surface area contributed by atoms with Crippen LogP contribution in [0.15, 0.2) is 30.3 Å². The summed E-state index contributed by atoms with van der Waals surface area (Å²) in [6.45, 7) is 0. The zero-order valence-corrected chi connectivity index (χ0v) is 10.1. The highest BCUT2D eigenvalue weighted by Gasteiger charge is 2.66. The molecule has 1 aromatic rings. The van der Waals surface area contributed by atoms with Crippen LogP contribution in [0.5, 0.6) is 0 Å². The molecule has 1 saturated heterocycles. The van der Waals surface area contributed by atoms with Gasteiger partial charge in [0, 0.05) is 13.0 Å². The first-order valence-corrected chi connectivity index (χ1v) is 5.87. The molecule has 2 atom stereocenters. The molecule has 1 aliphatic heterocycles. The van der Waals surface area contributed by atoms with Crippen LogP contribution in [0.2, 0.25) is 0 Å². The van der Waals surface area contributed by atoms with Crippen LogP contribution >= 0.6 is 24.4 Å². The van der Waals surface area contributed by atoms with E-state index in [0.717, 1.165) is 16.4 Å². The van der Waals surface area contributed by atoms with E-state index in [1.807, 2.05) is 18.0 Å². The number of fused-ring (bicyclic) bond motifs is 1. The van der Waals surface area contributed by atoms with Crippen LogP contribution in [0.3, 0.4) is 0 Å². The third-order valence-electron chi connectivity index (χ3n) is 3.56. The molecule has 1 aromatic carbocycles. The van der Waals surface area contributed by atoms with Crippen molar-refractivity contribution in [3.63, 3.8) is 0 Å². The highest BCUT2D eigenvalue weighted by atomic mass is 32.1. The van der Waals surface area contributed by atoms with Crippen molar-refractivity contribution in [1.82, 2.24) is 4.90 Å². The fourth-order valence-electron chi connectivity index (χ4n) is 2.61. The number of likely N-dealkylation sites (tertiary alicyclic amines) is 1. The van der Waals surface area contributed by atoms with E-state index in [1.54, 1.807) is 0 Å². The minimum Gasteiger partial charge on any atom is -0.333 e. The molecule has 1 aliphatic carbocycles. The molecular formula is C12H11NS2. The number of piperidine rings is 1. The summed E-state index contributed by atoms with van der Waals surface area (Å²) in [7, 11) is 1.99. The van der Waals surface area contributed by atoms with Crippen molar-refractivity contribution < 1.29 is 0 Å². The molecule has 15 heavy (non-hydrogen) atoms. The maximum Gasteiger partial charge on any atom is 0.0939 e. The fraction of sp³-hybridized carbons (Fsp3) is 0.333. The summed E-state index contributed by atoms with van der Waals surface area (Å²) < 4.78 is 0. The summed E-state index contributed by atoms with van der Waals surface area (Å²) in [6.07, 6.45) is 1.11. The Morgan fingerprint density at radius 3 is 2.47 bits per heavy atom. The molecule has 1 nitrogen and oxygen atoms in total. The zero-order chi connectivity index (χ0) is 10.6. The summed E-state index contributed by atoms with van der Waals surface area (Å²) in [5.74, 6) is 0.479. The molecule has 0 N–H and O–H groups in total. The number of thiocarbonyl (C=S) groups is 2. The summed E-state index contributed by atoms with van der Waals surface area (Å²) in [5, 5.41) is 0. The lowest BCUT2D eigenvalue weighted by Crippen LogP contribution is -2.30. The van der Waals surface area contributed by atoms with Gasteiger partial charge in [0.2, 0.25) is 0 Å². The van der Waals surface area contributed by atoms with E-state index in [-0.39, 0.29) is 5.41 Å². The monoisotopic (exact) mass is 233 g/mol. The number of hydrogen-bond acceptors (Lipinski definition) is 2. The standard InChI is InChI=1S/C12H11NS2/c1-13-10(14)9-7-12(9,11(13)15)8-5-3-2-4-6-8/h2-6,9H,7H2,1H3/t9-,12+/m0/s1. The molecule has 1 heterocycles. The van der Waals surface area contributed by atoms with Gasteiger partial charge in [-0.05, 0) is 12.0 Å². The Bertz CT molecular complexity index is 454. The van der Waals surface area contributed by atoms with Crippen LogP contribution in [-0.4, -0.2) is 21.9 Å². The van der Waals surface area contributed by atoms with Gasteiger partial charge in [0.15, 0.2) is 0 Å². The minimum absolute atomic E-state index is 0.0719. The Labute approximate surface area is 100 Å². The van der Waals surface area contributed by atoms with Gasteiger partial charge in [-0.1, -0.05) is 54.8 Å². The lowest BCUT2D eigenvalue weighted by Gasteiger charge is -2.19. The van der Waals surface area contributed by atoms with Crippen molar-refractivity contribution in [1.29, 1.82) is 0 Å². The molecule has 3 heteroatoms. The molecule has 1 saturated carbocycles. The number of hydrogen-bond donors (Lipinski definition) is 0. The van der Waals surface area contributed by atoms with E-state index in [2.05, 4.69) is 24.3 Å². The number of benzene rings is 1. The van der Waals surface area contributed by atoms with Crippen molar-refractivity contribution >= 4 is 34.4 Å². The maximum absolute atomic E-state index is 5.52. The van der Waals surface area contributed by atoms with Gasteiger partial charge in [-0.25, -0.2) is 0 Å². The zero-order valence-electron chi connectivity index (χ0n) is 8.43. The Balaban J connectivity index is 2.09. The van der Waals surface area contributed by atoms with Crippen LogP contribution in [0, 0.1) is 5.92 Å². The molecule has 0 unspecified atom stereocenters. The van der Waals surface area contributed by atoms with Gasteiger partial charge in [-0.15, -0.1) is 0 Å². The third kappa shape index (κ3) is 1.02. The molecule has 2 aliphatic rings. The van der Waals surface area contributed by atoms with E-state index in [0.29, 0.717) is 5.92 Å². The number of likely N-dealkylation sites (N-methyl/N-ethyl adjacent to an activating group) is 1. The topological polar surface area (TPSA) is 3.24 Å². The lowest BCUT2D eigenvalue weighted by molar-refractivity contribution is 0.753. The van der Waals surface area contributed by atoms with Crippen molar-refractivity contribution in [3.8, 4) is 0 Å². The van der Waals surface area contributed by atoms with Crippen LogP contribution in [-0.2, 0) is 5.41 Å². The van der Waals surface area contributed by atoms with Crippen molar-refractivity contribution in [3.05, 3.63) is 35.9 Å². The van der Waals surface area contributed by atoms with E-state index >= 15 is 0 Å². The second kappa shape index (κ2) is 2.86. The van der Waals surface area contributed by atoms with Crippen molar-refractivity contribution in [2.75, 3.05) is 7.05 Å². The molecule has 3 rings (SSSR count). The van der Waals surface area contributed by atoms with Gasteiger partial charge >= 0.3 is 0 Å². The smallest absolute Gasteiger partial charge is 0.0939 e. The molecule has 0 radical (unpaired) electrons. The maximum atomic E-state index is 5.52. The highest BCUT2D eigenvalue weighted by Crippen LogP contribution is 2.61. The number of nitrogens with zero attached hydrogens (tertiary/aromatic N) is 1. The van der Waals surface area contributed by atoms with Gasteiger partial charge < -0.3 is 4.90 Å². The normalized spacial score (nSPS) is 33.1. The molecule has 2 fully saturated rings. The van der Waals surface area contributed by atoms with E-state index in [4.69, 9.17) is 24.4 Å². The quantitative estimate of drug-likeness (QED) is 0.686. The first kappa shape index (κ1) is 9.43. The predicted molar refractivity (Wildman–Crippen MR) is 69.2 cm³/mol. The minimum atomic E-state index is 0.0719. The van der Waals surface area contributed by atoms with Crippen LogP contribution in [0.1, 0.15) is 12.0 Å². The predicted octanol–water partition coefficient (Wildman–Crippen LogP) is 2.54. The first-order valence-electron chi connectivity index (χ1n) is 5.05. The second-order valence-electron chi connectivity index (χ2n) is 4.30. The Morgan fingerprint density at radius 2 is 1.93 bits per heavy atom. The van der Waals surface area contributed by atoms with Gasteiger partial charge in [-0.3, -0.25) is 0 Å². The molecule has 0 aromatic heterocycles. The summed E-state index contributed by atoms with van der Waals surface area (Å²) in [5.41, 5.74) is 1.40. The Kier molecular flexibility index (Phi) is 1.80. The molecule has 76 valence electrons. The van der Waals surface area contributed by atoms with Crippen LogP contribution in [0.4, 0.5) is 0 Å². The fourth-order valence-corrected chi connectivity index (χ4v) is 3.48. The van der Waals surface area contributed by atoms with Gasteiger partial charge in [0.05, 0.1) is 15.4 Å². The third-order valence-corrected chi connectivity index (χ3v) is 4.76. The Morgan fingerprint density at radius 1 is 1.27 bits per heavy atom. The molecule has 0 spiro atoms. The van der Waals surface area contributed by atoms with Crippen molar-refractivity contribution in [2.24, 2.45) is 5.92 Å². The molecule has 0 amide bonds. The largest absolute Gasteiger partial charge is 0.333 e. The first-order chi connectivity index (χ1) is 7.18. The second-order valence-corrected chi connectivity index (χ2v) is 5.10. The lowest BCUT2D eigenvalue weighted by atomic mass is 9.95. The number of rotatable bonds is 1. The molecular weight excluding hydrogens is 222 g/mol. The summed E-state index contributed by atoms with van der Waals surface area (Å²) in [4.78, 5) is 4.03. The Hall–Kier alpha value is -0.800. The van der Waals surface area contributed by atoms with E-state index in [9.17, 15) is 0 Å². The average Bonchev–Trinajstić information content (AvgIpc) is 2.99. The van der Waals surface area contributed by atoms with Gasteiger partial charge in [0.1, 0.15) is 0 Å². The van der Waals surface area contributed by atoms with Gasteiger partial charge in [0.25, 0.3) is 0 Å². The van der Waals surface area contributed by atoms with E-state index in [1.165, 1.54) is 5.56 Å².